The molecule has 0 bridgehead atoms. The van der Waals surface area contributed by atoms with E-state index in [1.165, 1.54) is 24.3 Å². The number of Topliss-reactive ketones (excluding diaryl/α,β-unsaturated/α-hetero) is 1. The summed E-state index contributed by atoms with van der Waals surface area (Å²) in [5.41, 5.74) is 1.31. The lowest BCUT2D eigenvalue weighted by atomic mass is 9.97. The Morgan fingerprint density at radius 3 is 1.96 bits per heavy atom. The second-order valence-corrected chi connectivity index (χ2v) is 5.05. The molecule has 23 heavy (non-hydrogen) atoms. The number of hydrogen-bond donors (Lipinski definition) is 0. The van der Waals surface area contributed by atoms with Gasteiger partial charge in [-0.2, -0.15) is 0 Å². The van der Waals surface area contributed by atoms with Gasteiger partial charge in [0.1, 0.15) is 11.5 Å². The van der Waals surface area contributed by atoms with Crippen molar-refractivity contribution in [2.24, 2.45) is 0 Å². The molecule has 0 heterocycles. The molecule has 0 amide bonds. The molecule has 0 aliphatic carbocycles. The zero-order chi connectivity index (χ0) is 17.0. The van der Waals surface area contributed by atoms with E-state index in [1.54, 1.807) is 30.2 Å². The highest BCUT2D eigenvalue weighted by Gasteiger charge is 2.17. The average molecular weight is 310 g/mol. The summed E-state index contributed by atoms with van der Waals surface area (Å²) >= 11 is 0. The number of hydrogen-bond acceptors (Lipinski definition) is 5. The standard InChI is InChI=1S/C17H14N2O4/c1-18(2)14-7-5-13(6-8-14)17(21)16(11-20)12-3-9-15(10-4-12)19(22)23/h3-10H,1-2H3. The van der Waals surface area contributed by atoms with E-state index in [-0.39, 0.29) is 11.3 Å². The van der Waals surface area contributed by atoms with Gasteiger partial charge in [-0.15, -0.1) is 0 Å². The summed E-state index contributed by atoms with van der Waals surface area (Å²) in [7, 11) is 3.76. The molecule has 6 heteroatoms. The molecule has 0 aliphatic heterocycles. The summed E-state index contributed by atoms with van der Waals surface area (Å²) in [4.78, 5) is 35.6. The van der Waals surface area contributed by atoms with E-state index in [0.29, 0.717) is 11.1 Å². The zero-order valence-electron chi connectivity index (χ0n) is 12.6. The van der Waals surface area contributed by atoms with Crippen LogP contribution in [0, 0.1) is 10.1 Å². The maximum absolute atomic E-state index is 12.4. The molecule has 6 nitrogen and oxygen atoms in total. The Morgan fingerprint density at radius 1 is 1.00 bits per heavy atom. The maximum Gasteiger partial charge on any atom is 0.269 e. The number of benzene rings is 2. The average Bonchev–Trinajstić information content (AvgIpc) is 2.56. The first-order chi connectivity index (χ1) is 10.9. The molecule has 2 rings (SSSR count). The van der Waals surface area contributed by atoms with Crippen molar-refractivity contribution in [3.8, 4) is 0 Å². The first-order valence-corrected chi connectivity index (χ1v) is 6.76. The lowest BCUT2D eigenvalue weighted by molar-refractivity contribution is -0.384. The Hall–Kier alpha value is -3.24. The minimum atomic E-state index is -0.546. The summed E-state index contributed by atoms with van der Waals surface area (Å²) in [6.07, 6.45) is 0. The fourth-order valence-electron chi connectivity index (χ4n) is 2.04. The van der Waals surface area contributed by atoms with E-state index < -0.39 is 10.7 Å². The number of ketones is 1. The summed E-state index contributed by atoms with van der Waals surface area (Å²) < 4.78 is 0. The smallest absolute Gasteiger partial charge is 0.269 e. The van der Waals surface area contributed by atoms with Crippen molar-refractivity contribution in [3.05, 3.63) is 69.8 Å². The highest BCUT2D eigenvalue weighted by molar-refractivity contribution is 6.35. The van der Waals surface area contributed by atoms with Gasteiger partial charge in [0.15, 0.2) is 0 Å². The van der Waals surface area contributed by atoms with Crippen LogP contribution in [0.15, 0.2) is 48.5 Å². The van der Waals surface area contributed by atoms with Gasteiger partial charge >= 0.3 is 0 Å². The lowest BCUT2D eigenvalue weighted by Gasteiger charge is -2.12. The maximum atomic E-state index is 12.4. The molecule has 0 aliphatic rings. The highest BCUT2D eigenvalue weighted by Crippen LogP contribution is 2.22. The van der Waals surface area contributed by atoms with Crippen molar-refractivity contribution < 1.29 is 14.5 Å². The largest absolute Gasteiger partial charge is 0.378 e. The Kier molecular flexibility index (Phi) is 4.69. The van der Waals surface area contributed by atoms with Crippen LogP contribution < -0.4 is 4.90 Å². The van der Waals surface area contributed by atoms with E-state index >= 15 is 0 Å². The quantitative estimate of drug-likeness (QED) is 0.279. The van der Waals surface area contributed by atoms with Gasteiger partial charge in [-0.05, 0) is 42.0 Å². The minimum Gasteiger partial charge on any atom is -0.378 e. The highest BCUT2D eigenvalue weighted by atomic mass is 16.6. The lowest BCUT2D eigenvalue weighted by Crippen LogP contribution is -2.09. The normalized spacial score (nSPS) is 9.83. The molecule has 0 atom stereocenters. The molecule has 2 aromatic rings. The number of nitro groups is 1. The van der Waals surface area contributed by atoms with Crippen LogP contribution >= 0.6 is 0 Å². The zero-order valence-corrected chi connectivity index (χ0v) is 12.6. The van der Waals surface area contributed by atoms with Crippen LogP contribution in [0.5, 0.6) is 0 Å². The molecule has 0 aromatic heterocycles. The molecule has 0 saturated heterocycles. The van der Waals surface area contributed by atoms with E-state index in [0.717, 1.165) is 5.69 Å². The molecule has 116 valence electrons. The van der Waals surface area contributed by atoms with E-state index in [2.05, 4.69) is 0 Å². The van der Waals surface area contributed by atoms with E-state index in [9.17, 15) is 19.7 Å². The van der Waals surface area contributed by atoms with E-state index in [4.69, 9.17) is 0 Å². The summed E-state index contributed by atoms with van der Waals surface area (Å²) in [6, 6.07) is 12.0. The van der Waals surface area contributed by atoms with Gasteiger partial charge in [0.25, 0.3) is 5.69 Å². The summed E-state index contributed by atoms with van der Waals surface area (Å²) in [6.45, 7) is 0. The monoisotopic (exact) mass is 310 g/mol. The molecular weight excluding hydrogens is 296 g/mol. The van der Waals surface area contributed by atoms with Crippen LogP contribution in [0.2, 0.25) is 0 Å². The Balaban J connectivity index is 2.32. The van der Waals surface area contributed by atoms with Gasteiger partial charge in [0, 0.05) is 37.5 Å². The second-order valence-electron chi connectivity index (χ2n) is 5.05. The van der Waals surface area contributed by atoms with Crippen molar-refractivity contribution in [1.29, 1.82) is 0 Å². The number of carbonyl (C=O) groups is 1. The third-order valence-corrected chi connectivity index (χ3v) is 3.34. The Morgan fingerprint density at radius 2 is 1.52 bits per heavy atom. The fraction of sp³-hybridized carbons (Fsp3) is 0.118. The SMILES string of the molecule is CN(C)c1ccc(C(=O)C(=C=O)c2ccc([N+](=O)[O-])cc2)cc1. The van der Waals surface area contributed by atoms with Crippen LogP contribution in [0.4, 0.5) is 11.4 Å². The van der Waals surface area contributed by atoms with Crippen molar-refractivity contribution in [3.63, 3.8) is 0 Å². The second kappa shape index (κ2) is 6.68. The molecule has 0 radical (unpaired) electrons. The fourth-order valence-corrected chi connectivity index (χ4v) is 2.04. The first-order valence-electron chi connectivity index (χ1n) is 6.76. The number of non-ortho nitro benzene ring substituents is 1. The number of anilines is 1. The van der Waals surface area contributed by atoms with E-state index in [1.807, 2.05) is 19.0 Å². The molecule has 0 unspecified atom stereocenters. The van der Waals surface area contributed by atoms with Crippen LogP contribution in [0.25, 0.3) is 5.57 Å². The topological polar surface area (TPSA) is 80.5 Å². The minimum absolute atomic E-state index is 0.109. The molecule has 2 aromatic carbocycles. The first kappa shape index (κ1) is 16.1. The number of allylic oxidation sites excluding steroid dienone is 1. The van der Waals surface area contributed by atoms with Gasteiger partial charge in [-0.1, -0.05) is 0 Å². The van der Waals surface area contributed by atoms with Gasteiger partial charge in [-0.25, -0.2) is 4.79 Å². The van der Waals surface area contributed by atoms with Crippen molar-refractivity contribution in [2.75, 3.05) is 19.0 Å². The third kappa shape index (κ3) is 3.51. The Bertz CT molecular complexity index is 786. The van der Waals surface area contributed by atoms with Crippen LogP contribution in [-0.4, -0.2) is 30.7 Å². The van der Waals surface area contributed by atoms with Crippen LogP contribution in [-0.2, 0) is 4.79 Å². The molecular formula is C17H14N2O4. The van der Waals surface area contributed by atoms with Crippen molar-refractivity contribution in [2.45, 2.75) is 0 Å². The van der Waals surface area contributed by atoms with Crippen LogP contribution in [0.1, 0.15) is 15.9 Å². The van der Waals surface area contributed by atoms with Crippen molar-refractivity contribution >= 4 is 28.7 Å². The van der Waals surface area contributed by atoms with Gasteiger partial charge in [0.2, 0.25) is 5.78 Å². The number of rotatable bonds is 5. The molecule has 0 N–H and O–H groups in total. The Labute approximate surface area is 132 Å². The van der Waals surface area contributed by atoms with Gasteiger partial charge in [0.05, 0.1) is 4.92 Å². The summed E-state index contributed by atoms with van der Waals surface area (Å²) in [5, 5.41) is 10.6. The number of nitro benzene ring substituents is 1. The molecule has 0 spiro atoms. The van der Waals surface area contributed by atoms with Crippen LogP contribution in [0.3, 0.4) is 0 Å². The molecule has 0 fully saturated rings. The predicted octanol–water partition coefficient (Wildman–Crippen LogP) is 2.76. The van der Waals surface area contributed by atoms with Gasteiger partial charge < -0.3 is 4.90 Å². The number of nitrogens with zero attached hydrogens (tertiary/aromatic N) is 2. The van der Waals surface area contributed by atoms with Crippen molar-refractivity contribution in [1.82, 2.24) is 0 Å². The third-order valence-electron chi connectivity index (χ3n) is 3.34. The predicted molar refractivity (Wildman–Crippen MR) is 87.3 cm³/mol. The number of carbonyl (C=O) groups excluding carboxylic acids is 2. The van der Waals surface area contributed by atoms with Gasteiger partial charge in [-0.3, -0.25) is 14.9 Å². The summed E-state index contributed by atoms with van der Waals surface area (Å²) in [5.74, 6) is 1.17. The molecule has 0 saturated carbocycles.